The number of ether oxygens (including phenoxy) is 1. The largest absolute Gasteiger partial charge is 0.496 e. The van der Waals surface area contributed by atoms with Gasteiger partial charge in [0, 0.05) is 37.8 Å². The number of piperazine rings is 1. The van der Waals surface area contributed by atoms with Gasteiger partial charge in [-0.15, -0.1) is 0 Å². The zero-order valence-corrected chi connectivity index (χ0v) is 12.4. The van der Waals surface area contributed by atoms with Crippen LogP contribution in [0.2, 0.25) is 0 Å². The molecule has 1 heterocycles. The third kappa shape index (κ3) is 3.69. The molecule has 0 aromatic heterocycles. The third-order valence-corrected chi connectivity index (χ3v) is 3.73. The first-order chi connectivity index (χ1) is 9.10. The Balaban J connectivity index is 2.03. The van der Waals surface area contributed by atoms with Crippen molar-refractivity contribution in [2.75, 3.05) is 40.3 Å². The van der Waals surface area contributed by atoms with E-state index in [0.29, 0.717) is 0 Å². The van der Waals surface area contributed by atoms with E-state index in [9.17, 15) is 0 Å². The van der Waals surface area contributed by atoms with Gasteiger partial charge >= 0.3 is 0 Å². The number of likely N-dealkylation sites (N-methyl/N-ethyl adjacent to an activating group) is 1. The highest BCUT2D eigenvalue weighted by molar-refractivity contribution is 5.38. The second kappa shape index (κ2) is 6.37. The second-order valence-corrected chi connectivity index (χ2v) is 5.39. The van der Waals surface area contributed by atoms with E-state index in [2.05, 4.69) is 48.4 Å². The monoisotopic (exact) mass is 263 g/mol. The lowest BCUT2D eigenvalue weighted by Crippen LogP contribution is -2.51. The quantitative estimate of drug-likeness (QED) is 0.897. The van der Waals surface area contributed by atoms with Gasteiger partial charge in [-0.3, -0.25) is 0 Å². The first kappa shape index (κ1) is 14.3. The summed E-state index contributed by atoms with van der Waals surface area (Å²) in [5.74, 6) is 0.958. The van der Waals surface area contributed by atoms with Gasteiger partial charge in [-0.25, -0.2) is 10.4 Å². The van der Waals surface area contributed by atoms with E-state index in [1.165, 1.54) is 11.1 Å². The number of aryl methyl sites for hydroxylation is 1. The predicted octanol–water partition coefficient (Wildman–Crippen LogP) is 1.82. The highest BCUT2D eigenvalue weighted by atomic mass is 16.5. The molecule has 2 rings (SSSR count). The molecule has 1 aliphatic heterocycles. The molecule has 1 aromatic rings. The Morgan fingerprint density at radius 1 is 1.21 bits per heavy atom. The minimum Gasteiger partial charge on any atom is -0.496 e. The topological polar surface area (TPSA) is 27.7 Å². The van der Waals surface area contributed by atoms with Gasteiger partial charge in [0.1, 0.15) is 5.75 Å². The summed E-state index contributed by atoms with van der Waals surface area (Å²) in [7, 11) is 3.90. The molecule has 1 atom stereocenters. The smallest absolute Gasteiger partial charge is 0.123 e. The number of hydrogen-bond acceptors (Lipinski definition) is 4. The molecule has 0 saturated carbocycles. The van der Waals surface area contributed by atoms with Crippen LogP contribution >= 0.6 is 0 Å². The van der Waals surface area contributed by atoms with Crippen LogP contribution in [0, 0.1) is 6.92 Å². The van der Waals surface area contributed by atoms with Gasteiger partial charge in [0.15, 0.2) is 0 Å². The minimum absolute atomic E-state index is 0.262. The van der Waals surface area contributed by atoms with Crippen LogP contribution in [0.1, 0.15) is 24.1 Å². The van der Waals surface area contributed by atoms with Gasteiger partial charge in [0.05, 0.1) is 7.11 Å². The molecule has 1 saturated heterocycles. The summed E-state index contributed by atoms with van der Waals surface area (Å²) in [6.07, 6.45) is 0. The summed E-state index contributed by atoms with van der Waals surface area (Å²) < 4.78 is 5.46. The Morgan fingerprint density at radius 3 is 2.53 bits per heavy atom. The first-order valence-corrected chi connectivity index (χ1v) is 6.94. The Kier molecular flexibility index (Phi) is 4.80. The van der Waals surface area contributed by atoms with E-state index in [-0.39, 0.29) is 6.04 Å². The van der Waals surface area contributed by atoms with Crippen molar-refractivity contribution < 1.29 is 4.74 Å². The van der Waals surface area contributed by atoms with E-state index in [1.807, 2.05) is 6.07 Å². The van der Waals surface area contributed by atoms with E-state index in [4.69, 9.17) is 4.74 Å². The molecule has 0 spiro atoms. The zero-order valence-electron chi connectivity index (χ0n) is 12.4. The Hall–Kier alpha value is -1.10. The molecule has 1 N–H and O–H groups in total. The van der Waals surface area contributed by atoms with E-state index in [0.717, 1.165) is 31.9 Å². The lowest BCUT2D eigenvalue weighted by Gasteiger charge is -2.35. The molecular weight excluding hydrogens is 238 g/mol. The molecule has 1 unspecified atom stereocenters. The average molecular weight is 263 g/mol. The Labute approximate surface area is 116 Å². The van der Waals surface area contributed by atoms with Crippen molar-refractivity contribution in [1.82, 2.24) is 15.3 Å². The summed E-state index contributed by atoms with van der Waals surface area (Å²) in [6.45, 7) is 8.67. The summed E-state index contributed by atoms with van der Waals surface area (Å²) in [4.78, 5) is 2.36. The van der Waals surface area contributed by atoms with Crippen LogP contribution in [0.4, 0.5) is 0 Å². The summed E-state index contributed by atoms with van der Waals surface area (Å²) in [5.41, 5.74) is 6.07. The minimum atomic E-state index is 0.262. The van der Waals surface area contributed by atoms with Crippen LogP contribution in [-0.4, -0.2) is 50.2 Å². The number of benzene rings is 1. The molecule has 19 heavy (non-hydrogen) atoms. The summed E-state index contributed by atoms with van der Waals surface area (Å²) in [5, 5.41) is 2.31. The normalized spacial score (nSPS) is 19.4. The SMILES string of the molecule is COc1ccc(C)cc1C(C)NN1CCN(C)CC1. The molecule has 1 aliphatic rings. The van der Waals surface area contributed by atoms with E-state index < -0.39 is 0 Å². The predicted molar refractivity (Wildman–Crippen MR) is 78.4 cm³/mol. The molecule has 106 valence electrons. The maximum absolute atomic E-state index is 5.46. The van der Waals surface area contributed by atoms with Gasteiger partial charge in [-0.1, -0.05) is 17.7 Å². The molecule has 0 aliphatic carbocycles. The van der Waals surface area contributed by atoms with Crippen LogP contribution in [-0.2, 0) is 0 Å². The summed E-state index contributed by atoms with van der Waals surface area (Å²) >= 11 is 0. The van der Waals surface area contributed by atoms with Crippen LogP contribution in [0.3, 0.4) is 0 Å². The molecule has 1 aromatic carbocycles. The Bertz CT molecular complexity index is 414. The lowest BCUT2D eigenvalue weighted by molar-refractivity contribution is 0.0894. The van der Waals surface area contributed by atoms with E-state index in [1.54, 1.807) is 7.11 Å². The molecule has 0 radical (unpaired) electrons. The van der Waals surface area contributed by atoms with Crippen LogP contribution in [0.25, 0.3) is 0 Å². The maximum Gasteiger partial charge on any atom is 0.123 e. The van der Waals surface area contributed by atoms with Crippen LogP contribution in [0.15, 0.2) is 18.2 Å². The van der Waals surface area contributed by atoms with Crippen molar-refractivity contribution >= 4 is 0 Å². The van der Waals surface area contributed by atoms with Crippen molar-refractivity contribution in [1.29, 1.82) is 0 Å². The fourth-order valence-corrected chi connectivity index (χ4v) is 2.47. The van der Waals surface area contributed by atoms with Crippen molar-refractivity contribution in [2.45, 2.75) is 19.9 Å². The standard InChI is InChI=1S/C15H25N3O/c1-12-5-6-15(19-4)14(11-12)13(2)16-18-9-7-17(3)8-10-18/h5-6,11,13,16H,7-10H2,1-4H3. The molecule has 4 heteroatoms. The fourth-order valence-electron chi connectivity index (χ4n) is 2.47. The van der Waals surface area contributed by atoms with Crippen molar-refractivity contribution in [3.63, 3.8) is 0 Å². The summed E-state index contributed by atoms with van der Waals surface area (Å²) in [6, 6.07) is 6.60. The second-order valence-electron chi connectivity index (χ2n) is 5.39. The van der Waals surface area contributed by atoms with Gasteiger partial charge in [0.2, 0.25) is 0 Å². The first-order valence-electron chi connectivity index (χ1n) is 6.94. The fraction of sp³-hybridized carbons (Fsp3) is 0.600. The van der Waals surface area contributed by atoms with Crippen LogP contribution in [0.5, 0.6) is 5.75 Å². The molecule has 0 bridgehead atoms. The van der Waals surface area contributed by atoms with Crippen molar-refractivity contribution in [3.8, 4) is 5.75 Å². The molecule has 0 amide bonds. The number of hydrazine groups is 1. The van der Waals surface area contributed by atoms with Crippen molar-refractivity contribution in [2.24, 2.45) is 0 Å². The number of nitrogens with zero attached hydrogens (tertiary/aromatic N) is 2. The van der Waals surface area contributed by atoms with Crippen molar-refractivity contribution in [3.05, 3.63) is 29.3 Å². The number of methoxy groups -OCH3 is 1. The number of hydrogen-bond donors (Lipinski definition) is 1. The average Bonchev–Trinajstić information content (AvgIpc) is 2.41. The number of rotatable bonds is 4. The zero-order chi connectivity index (χ0) is 13.8. The third-order valence-electron chi connectivity index (χ3n) is 3.73. The van der Waals surface area contributed by atoms with Gasteiger partial charge in [-0.2, -0.15) is 0 Å². The number of nitrogens with one attached hydrogen (secondary N) is 1. The molecule has 1 fully saturated rings. The maximum atomic E-state index is 5.46. The van der Waals surface area contributed by atoms with E-state index >= 15 is 0 Å². The highest BCUT2D eigenvalue weighted by Gasteiger charge is 2.18. The molecule has 4 nitrogen and oxygen atoms in total. The van der Waals surface area contributed by atoms with Gasteiger partial charge in [0.25, 0.3) is 0 Å². The van der Waals surface area contributed by atoms with Gasteiger partial charge in [-0.05, 0) is 27.0 Å². The molecular formula is C15H25N3O. The van der Waals surface area contributed by atoms with Gasteiger partial charge < -0.3 is 9.64 Å². The van der Waals surface area contributed by atoms with Crippen LogP contribution < -0.4 is 10.2 Å². The highest BCUT2D eigenvalue weighted by Crippen LogP contribution is 2.26. The Morgan fingerprint density at radius 2 is 1.89 bits per heavy atom. The lowest BCUT2D eigenvalue weighted by atomic mass is 10.0.